The number of carboxylic acids is 1. The SMILES string of the molecule is CC(C)CC(NC(=O)C(NC(=O)C(NC(=O)C1CCCN1)C(C)O)C(C)C)C(=O)O. The first-order chi connectivity index (χ1) is 13.9. The van der Waals surface area contributed by atoms with Crippen LogP contribution in [0.5, 0.6) is 0 Å². The molecule has 1 heterocycles. The lowest BCUT2D eigenvalue weighted by Crippen LogP contribution is -2.60. The van der Waals surface area contributed by atoms with E-state index in [4.69, 9.17) is 0 Å². The molecule has 172 valence electrons. The summed E-state index contributed by atoms with van der Waals surface area (Å²) in [5.74, 6) is -3.16. The molecule has 0 radical (unpaired) electrons. The summed E-state index contributed by atoms with van der Waals surface area (Å²) in [6, 6.07) is -3.75. The smallest absolute Gasteiger partial charge is 0.326 e. The minimum atomic E-state index is -1.24. The highest BCUT2D eigenvalue weighted by atomic mass is 16.4. The molecule has 0 aromatic carbocycles. The number of aliphatic hydroxyl groups is 1. The summed E-state index contributed by atoms with van der Waals surface area (Å²) in [7, 11) is 0. The summed E-state index contributed by atoms with van der Waals surface area (Å²) in [4.78, 5) is 49.2. The molecular weight excluding hydrogens is 392 g/mol. The topological polar surface area (TPSA) is 157 Å². The molecule has 1 fully saturated rings. The van der Waals surface area contributed by atoms with Crippen LogP contribution in [0.3, 0.4) is 0 Å². The van der Waals surface area contributed by atoms with E-state index in [1.54, 1.807) is 13.8 Å². The quantitative estimate of drug-likeness (QED) is 0.255. The molecule has 10 nitrogen and oxygen atoms in total. The lowest BCUT2D eigenvalue weighted by molar-refractivity contribution is -0.143. The van der Waals surface area contributed by atoms with Gasteiger partial charge in [-0.3, -0.25) is 14.4 Å². The molecule has 1 saturated heterocycles. The monoisotopic (exact) mass is 428 g/mol. The van der Waals surface area contributed by atoms with Crippen LogP contribution < -0.4 is 21.3 Å². The largest absolute Gasteiger partial charge is 0.480 e. The van der Waals surface area contributed by atoms with E-state index < -0.39 is 48.1 Å². The van der Waals surface area contributed by atoms with Gasteiger partial charge in [0.1, 0.15) is 18.1 Å². The maximum absolute atomic E-state index is 12.7. The van der Waals surface area contributed by atoms with Crippen molar-refractivity contribution in [3.63, 3.8) is 0 Å². The minimum absolute atomic E-state index is 0.0533. The standard InChI is InChI=1S/C20H36N4O6/c1-10(2)9-14(20(29)30)22-18(27)15(11(3)4)23-19(28)16(12(5)25)24-17(26)13-7-6-8-21-13/h10-16,21,25H,6-9H2,1-5H3,(H,22,27)(H,23,28)(H,24,26)(H,29,30). The Labute approximate surface area is 177 Å². The first kappa shape index (κ1) is 25.8. The summed E-state index contributed by atoms with van der Waals surface area (Å²) in [6.45, 7) is 9.20. The summed E-state index contributed by atoms with van der Waals surface area (Å²) < 4.78 is 0. The van der Waals surface area contributed by atoms with Crippen LogP contribution >= 0.6 is 0 Å². The Kier molecular flexibility index (Phi) is 10.2. The van der Waals surface area contributed by atoms with E-state index in [0.29, 0.717) is 13.0 Å². The molecule has 5 atom stereocenters. The van der Waals surface area contributed by atoms with Gasteiger partial charge in [0.05, 0.1) is 12.1 Å². The number of hydrogen-bond acceptors (Lipinski definition) is 6. The Bertz CT molecular complexity index is 616. The third-order valence-electron chi connectivity index (χ3n) is 5.01. The normalized spacial score (nSPS) is 20.3. The fraction of sp³-hybridized carbons (Fsp3) is 0.800. The van der Waals surface area contributed by atoms with Crippen molar-refractivity contribution in [2.45, 2.75) is 84.2 Å². The molecule has 0 saturated carbocycles. The molecule has 1 aliphatic heterocycles. The fourth-order valence-corrected chi connectivity index (χ4v) is 3.30. The number of aliphatic hydroxyl groups excluding tert-OH is 1. The van der Waals surface area contributed by atoms with E-state index in [1.165, 1.54) is 6.92 Å². The molecule has 10 heteroatoms. The predicted octanol–water partition coefficient (Wildman–Crippen LogP) is -0.640. The van der Waals surface area contributed by atoms with Crippen molar-refractivity contribution in [1.82, 2.24) is 21.3 Å². The highest BCUT2D eigenvalue weighted by molar-refractivity contribution is 5.94. The van der Waals surface area contributed by atoms with E-state index in [-0.39, 0.29) is 24.2 Å². The number of nitrogens with one attached hydrogen (secondary N) is 4. The van der Waals surface area contributed by atoms with Crippen LogP contribution in [-0.2, 0) is 19.2 Å². The van der Waals surface area contributed by atoms with Crippen molar-refractivity contribution in [2.75, 3.05) is 6.54 Å². The van der Waals surface area contributed by atoms with E-state index in [1.807, 2.05) is 13.8 Å². The third-order valence-corrected chi connectivity index (χ3v) is 5.01. The zero-order valence-corrected chi connectivity index (χ0v) is 18.4. The molecule has 0 aliphatic carbocycles. The first-order valence-electron chi connectivity index (χ1n) is 10.5. The molecule has 30 heavy (non-hydrogen) atoms. The molecule has 6 N–H and O–H groups in total. The Morgan fingerprint density at radius 3 is 2.00 bits per heavy atom. The number of hydrogen-bond donors (Lipinski definition) is 6. The van der Waals surface area contributed by atoms with Gasteiger partial charge in [0.25, 0.3) is 0 Å². The molecule has 5 unspecified atom stereocenters. The summed E-state index contributed by atoms with van der Waals surface area (Å²) >= 11 is 0. The molecule has 1 rings (SSSR count). The third kappa shape index (κ3) is 7.91. The fourth-order valence-electron chi connectivity index (χ4n) is 3.30. The Hall–Kier alpha value is -2.20. The van der Waals surface area contributed by atoms with Gasteiger partial charge in [-0.05, 0) is 44.6 Å². The molecule has 0 spiro atoms. The highest BCUT2D eigenvalue weighted by Crippen LogP contribution is 2.09. The van der Waals surface area contributed by atoms with Gasteiger partial charge in [0.15, 0.2) is 0 Å². The lowest BCUT2D eigenvalue weighted by Gasteiger charge is -2.28. The van der Waals surface area contributed by atoms with Gasteiger partial charge in [0.2, 0.25) is 17.7 Å². The zero-order chi connectivity index (χ0) is 23.0. The van der Waals surface area contributed by atoms with Crippen LogP contribution in [0.1, 0.15) is 53.9 Å². The van der Waals surface area contributed by atoms with Gasteiger partial charge >= 0.3 is 5.97 Å². The first-order valence-corrected chi connectivity index (χ1v) is 10.5. The maximum atomic E-state index is 12.7. The predicted molar refractivity (Wildman–Crippen MR) is 110 cm³/mol. The second-order valence-corrected chi connectivity index (χ2v) is 8.64. The number of carbonyl (C=O) groups excluding carboxylic acids is 3. The van der Waals surface area contributed by atoms with Gasteiger partial charge in [-0.2, -0.15) is 0 Å². The van der Waals surface area contributed by atoms with Crippen LogP contribution in [0.25, 0.3) is 0 Å². The summed E-state index contributed by atoms with van der Waals surface area (Å²) in [5, 5.41) is 29.9. The Balaban J connectivity index is 2.84. The molecule has 0 aromatic rings. The number of carbonyl (C=O) groups is 4. The lowest BCUT2D eigenvalue weighted by atomic mass is 9.99. The number of carboxylic acid groups (broad SMARTS) is 1. The van der Waals surface area contributed by atoms with Crippen molar-refractivity contribution in [3.05, 3.63) is 0 Å². The van der Waals surface area contributed by atoms with Gasteiger partial charge < -0.3 is 31.5 Å². The molecule has 0 aromatic heterocycles. The number of rotatable bonds is 11. The molecular formula is C20H36N4O6. The second kappa shape index (κ2) is 11.8. The Morgan fingerprint density at radius 2 is 1.57 bits per heavy atom. The maximum Gasteiger partial charge on any atom is 0.326 e. The molecule has 0 bridgehead atoms. The van der Waals surface area contributed by atoms with Crippen LogP contribution in [0.4, 0.5) is 0 Å². The second-order valence-electron chi connectivity index (χ2n) is 8.64. The molecule has 3 amide bonds. The van der Waals surface area contributed by atoms with Crippen LogP contribution in [0.2, 0.25) is 0 Å². The average Bonchev–Trinajstić information content (AvgIpc) is 3.16. The number of amides is 3. The van der Waals surface area contributed by atoms with Crippen LogP contribution in [0.15, 0.2) is 0 Å². The van der Waals surface area contributed by atoms with E-state index >= 15 is 0 Å². The van der Waals surface area contributed by atoms with Crippen molar-refractivity contribution in [1.29, 1.82) is 0 Å². The van der Waals surface area contributed by atoms with Gasteiger partial charge in [0, 0.05) is 0 Å². The van der Waals surface area contributed by atoms with Crippen molar-refractivity contribution >= 4 is 23.7 Å². The minimum Gasteiger partial charge on any atom is -0.480 e. The van der Waals surface area contributed by atoms with Crippen LogP contribution in [0, 0.1) is 11.8 Å². The van der Waals surface area contributed by atoms with Gasteiger partial charge in [-0.15, -0.1) is 0 Å². The van der Waals surface area contributed by atoms with Gasteiger partial charge in [-0.1, -0.05) is 27.7 Å². The van der Waals surface area contributed by atoms with Crippen molar-refractivity contribution in [3.8, 4) is 0 Å². The van der Waals surface area contributed by atoms with Crippen LogP contribution in [-0.4, -0.2) is 70.7 Å². The summed E-state index contributed by atoms with van der Waals surface area (Å²) in [5.41, 5.74) is 0. The number of aliphatic carboxylic acids is 1. The average molecular weight is 429 g/mol. The highest BCUT2D eigenvalue weighted by Gasteiger charge is 2.34. The Morgan fingerprint density at radius 1 is 0.967 bits per heavy atom. The van der Waals surface area contributed by atoms with E-state index in [0.717, 1.165) is 6.42 Å². The summed E-state index contributed by atoms with van der Waals surface area (Å²) in [6.07, 6.45) is 0.559. The van der Waals surface area contributed by atoms with E-state index in [9.17, 15) is 29.4 Å². The van der Waals surface area contributed by atoms with Crippen molar-refractivity contribution in [2.24, 2.45) is 11.8 Å². The molecule has 1 aliphatic rings. The van der Waals surface area contributed by atoms with E-state index in [2.05, 4.69) is 21.3 Å². The van der Waals surface area contributed by atoms with Crippen molar-refractivity contribution < 1.29 is 29.4 Å². The zero-order valence-electron chi connectivity index (χ0n) is 18.4. The van der Waals surface area contributed by atoms with Gasteiger partial charge in [-0.25, -0.2) is 4.79 Å².